The molecule has 1 aliphatic heterocycles. The van der Waals surface area contributed by atoms with Gasteiger partial charge in [0.05, 0.1) is 0 Å². The number of hydrogen-bond acceptors (Lipinski definition) is 1. The van der Waals surface area contributed by atoms with Gasteiger partial charge >= 0.3 is 0 Å². The molecule has 0 fully saturated rings. The van der Waals surface area contributed by atoms with E-state index in [1.807, 2.05) is 4.90 Å². The van der Waals surface area contributed by atoms with Crippen LogP contribution in [0.1, 0.15) is 44.2 Å². The first kappa shape index (κ1) is 11.2. The van der Waals surface area contributed by atoms with E-state index in [1.54, 1.807) is 6.92 Å². The summed E-state index contributed by atoms with van der Waals surface area (Å²) in [6.07, 6.45) is 2.17. The van der Waals surface area contributed by atoms with Crippen LogP contribution in [0.25, 0.3) is 0 Å². The van der Waals surface area contributed by atoms with Crippen LogP contribution in [0.15, 0.2) is 18.2 Å². The third kappa shape index (κ3) is 1.97. The van der Waals surface area contributed by atoms with Crippen LogP contribution in [0.2, 0.25) is 0 Å². The van der Waals surface area contributed by atoms with E-state index in [0.29, 0.717) is 5.92 Å². The Bertz CT molecular complexity index is 409. The molecule has 0 saturated heterocycles. The molecular weight excluding hydrogens is 198 g/mol. The number of nitrogens with zero attached hydrogens (tertiary/aromatic N) is 1. The van der Waals surface area contributed by atoms with Crippen molar-refractivity contribution in [2.75, 3.05) is 11.4 Å². The van der Waals surface area contributed by atoms with Crippen molar-refractivity contribution >= 4 is 11.6 Å². The van der Waals surface area contributed by atoms with E-state index in [9.17, 15) is 4.79 Å². The third-order valence-corrected chi connectivity index (χ3v) is 3.27. The second kappa shape index (κ2) is 4.28. The number of benzene rings is 1. The van der Waals surface area contributed by atoms with Crippen molar-refractivity contribution in [2.24, 2.45) is 0 Å². The van der Waals surface area contributed by atoms with Crippen LogP contribution in [-0.4, -0.2) is 12.5 Å². The first-order valence-electron chi connectivity index (χ1n) is 6.00. The maximum atomic E-state index is 11.5. The van der Waals surface area contributed by atoms with E-state index < -0.39 is 0 Å². The standard InChI is InChI=1S/C14H19NO/c1-10(2)12-6-7-14-13(9-12)5-4-8-15(14)11(3)16/h6-7,9-10H,4-5,8H2,1-3H3. The summed E-state index contributed by atoms with van der Waals surface area (Å²) in [7, 11) is 0. The summed E-state index contributed by atoms with van der Waals surface area (Å²) in [5, 5.41) is 0. The molecule has 2 heteroatoms. The summed E-state index contributed by atoms with van der Waals surface area (Å²) < 4.78 is 0. The van der Waals surface area contributed by atoms with E-state index in [0.717, 1.165) is 25.1 Å². The molecule has 0 spiro atoms. The molecule has 0 radical (unpaired) electrons. The molecule has 0 atom stereocenters. The Balaban J connectivity index is 2.40. The largest absolute Gasteiger partial charge is 0.312 e. The molecule has 0 bridgehead atoms. The van der Waals surface area contributed by atoms with Crippen molar-refractivity contribution in [3.05, 3.63) is 29.3 Å². The number of carbonyl (C=O) groups is 1. The van der Waals surface area contributed by atoms with E-state index in [2.05, 4.69) is 32.0 Å². The van der Waals surface area contributed by atoms with Crippen LogP contribution < -0.4 is 4.90 Å². The summed E-state index contributed by atoms with van der Waals surface area (Å²) in [5.41, 5.74) is 3.81. The van der Waals surface area contributed by atoms with Gasteiger partial charge in [-0.15, -0.1) is 0 Å². The molecule has 1 heterocycles. The number of hydrogen-bond donors (Lipinski definition) is 0. The van der Waals surface area contributed by atoms with Crippen LogP contribution >= 0.6 is 0 Å². The van der Waals surface area contributed by atoms with Gasteiger partial charge in [-0.3, -0.25) is 4.79 Å². The quantitative estimate of drug-likeness (QED) is 0.707. The van der Waals surface area contributed by atoms with Crippen LogP contribution in [0, 0.1) is 0 Å². The van der Waals surface area contributed by atoms with Crippen molar-refractivity contribution in [3.8, 4) is 0 Å². The Kier molecular flexibility index (Phi) is 2.99. The molecular formula is C14H19NO. The molecule has 86 valence electrons. The van der Waals surface area contributed by atoms with E-state index in [1.165, 1.54) is 11.1 Å². The normalized spacial score (nSPS) is 15.1. The lowest BCUT2D eigenvalue weighted by molar-refractivity contribution is -0.116. The van der Waals surface area contributed by atoms with Gasteiger partial charge in [-0.2, -0.15) is 0 Å². The van der Waals surface area contributed by atoms with Crippen molar-refractivity contribution in [3.63, 3.8) is 0 Å². The fourth-order valence-corrected chi connectivity index (χ4v) is 2.30. The summed E-state index contributed by atoms with van der Waals surface area (Å²) in [4.78, 5) is 13.4. The Labute approximate surface area is 97.3 Å². The van der Waals surface area contributed by atoms with Crippen LogP contribution in [0.5, 0.6) is 0 Å². The molecule has 1 amide bonds. The molecule has 1 aromatic rings. The van der Waals surface area contributed by atoms with Gasteiger partial charge in [0.15, 0.2) is 0 Å². The number of carbonyl (C=O) groups excluding carboxylic acids is 1. The molecule has 0 aromatic heterocycles. The lowest BCUT2D eigenvalue weighted by Crippen LogP contribution is -2.33. The van der Waals surface area contributed by atoms with Gasteiger partial charge in [0.25, 0.3) is 0 Å². The number of rotatable bonds is 1. The molecule has 16 heavy (non-hydrogen) atoms. The summed E-state index contributed by atoms with van der Waals surface area (Å²) in [6.45, 7) is 6.91. The minimum Gasteiger partial charge on any atom is -0.312 e. The zero-order valence-corrected chi connectivity index (χ0v) is 10.3. The molecule has 2 nitrogen and oxygen atoms in total. The average Bonchev–Trinajstić information content (AvgIpc) is 2.27. The highest BCUT2D eigenvalue weighted by atomic mass is 16.2. The first-order chi connectivity index (χ1) is 7.59. The topological polar surface area (TPSA) is 20.3 Å². The zero-order chi connectivity index (χ0) is 11.7. The van der Waals surface area contributed by atoms with E-state index in [4.69, 9.17) is 0 Å². The Morgan fingerprint density at radius 3 is 2.75 bits per heavy atom. The second-order valence-electron chi connectivity index (χ2n) is 4.82. The lowest BCUT2D eigenvalue weighted by Gasteiger charge is -2.29. The van der Waals surface area contributed by atoms with Gasteiger partial charge in [-0.05, 0) is 36.0 Å². The maximum absolute atomic E-state index is 11.5. The highest BCUT2D eigenvalue weighted by Crippen LogP contribution is 2.30. The average molecular weight is 217 g/mol. The van der Waals surface area contributed by atoms with Gasteiger partial charge in [0, 0.05) is 19.2 Å². The van der Waals surface area contributed by atoms with Gasteiger partial charge < -0.3 is 4.90 Å². The predicted molar refractivity (Wildman–Crippen MR) is 66.9 cm³/mol. The molecule has 0 N–H and O–H groups in total. The minimum atomic E-state index is 0.151. The molecule has 2 rings (SSSR count). The van der Waals surface area contributed by atoms with Gasteiger partial charge in [0.1, 0.15) is 0 Å². The zero-order valence-electron chi connectivity index (χ0n) is 10.3. The SMILES string of the molecule is CC(=O)N1CCCc2cc(C(C)C)ccc21. The van der Waals surface area contributed by atoms with E-state index in [-0.39, 0.29) is 5.91 Å². The van der Waals surface area contributed by atoms with Crippen LogP contribution in [0.3, 0.4) is 0 Å². The summed E-state index contributed by atoms with van der Waals surface area (Å²) in [5.74, 6) is 0.705. The Morgan fingerprint density at radius 2 is 2.12 bits per heavy atom. The monoisotopic (exact) mass is 217 g/mol. The first-order valence-corrected chi connectivity index (χ1v) is 6.00. The van der Waals surface area contributed by atoms with Crippen LogP contribution in [-0.2, 0) is 11.2 Å². The lowest BCUT2D eigenvalue weighted by atomic mass is 9.95. The highest BCUT2D eigenvalue weighted by molar-refractivity contribution is 5.92. The van der Waals surface area contributed by atoms with Crippen molar-refractivity contribution < 1.29 is 4.79 Å². The molecule has 0 saturated carbocycles. The fourth-order valence-electron chi connectivity index (χ4n) is 2.30. The van der Waals surface area contributed by atoms with E-state index >= 15 is 0 Å². The Hall–Kier alpha value is -1.31. The number of fused-ring (bicyclic) bond motifs is 1. The van der Waals surface area contributed by atoms with Crippen molar-refractivity contribution in [1.82, 2.24) is 0 Å². The highest BCUT2D eigenvalue weighted by Gasteiger charge is 2.20. The molecule has 1 aromatic carbocycles. The van der Waals surface area contributed by atoms with Gasteiger partial charge in [-0.1, -0.05) is 26.0 Å². The molecule has 0 unspecified atom stereocenters. The van der Waals surface area contributed by atoms with Crippen molar-refractivity contribution in [2.45, 2.75) is 39.5 Å². The van der Waals surface area contributed by atoms with Crippen LogP contribution in [0.4, 0.5) is 5.69 Å². The molecule has 1 aliphatic rings. The molecule has 0 aliphatic carbocycles. The predicted octanol–water partition coefficient (Wildman–Crippen LogP) is 3.11. The van der Waals surface area contributed by atoms with Gasteiger partial charge in [0.2, 0.25) is 5.91 Å². The maximum Gasteiger partial charge on any atom is 0.223 e. The summed E-state index contributed by atoms with van der Waals surface area (Å²) in [6, 6.07) is 6.51. The number of aryl methyl sites for hydroxylation is 1. The number of anilines is 1. The third-order valence-electron chi connectivity index (χ3n) is 3.27. The van der Waals surface area contributed by atoms with Crippen molar-refractivity contribution in [1.29, 1.82) is 0 Å². The Morgan fingerprint density at radius 1 is 1.38 bits per heavy atom. The fraction of sp³-hybridized carbons (Fsp3) is 0.500. The van der Waals surface area contributed by atoms with Gasteiger partial charge in [-0.25, -0.2) is 0 Å². The smallest absolute Gasteiger partial charge is 0.223 e. The minimum absolute atomic E-state index is 0.151. The second-order valence-corrected chi connectivity index (χ2v) is 4.82. The summed E-state index contributed by atoms with van der Waals surface area (Å²) >= 11 is 0. The number of amides is 1.